The number of piperidine rings is 1. The van der Waals surface area contributed by atoms with Crippen LogP contribution in [0.3, 0.4) is 0 Å². The van der Waals surface area contributed by atoms with E-state index in [0.717, 1.165) is 0 Å². The highest BCUT2D eigenvalue weighted by molar-refractivity contribution is 5.85. The summed E-state index contributed by atoms with van der Waals surface area (Å²) in [5.41, 5.74) is -0.636. The van der Waals surface area contributed by atoms with E-state index in [4.69, 9.17) is 4.74 Å². The average molecular weight is 368 g/mol. The van der Waals surface area contributed by atoms with Gasteiger partial charge in [0.05, 0.1) is 5.56 Å². The van der Waals surface area contributed by atoms with Crippen LogP contribution in [-0.4, -0.2) is 34.7 Å². The quantitative estimate of drug-likeness (QED) is 0.742. The van der Waals surface area contributed by atoms with Gasteiger partial charge in [0.1, 0.15) is 5.60 Å². The molecule has 0 aliphatic carbocycles. The van der Waals surface area contributed by atoms with Gasteiger partial charge in [-0.1, -0.05) is 18.2 Å². The van der Waals surface area contributed by atoms with Gasteiger partial charge in [0.25, 0.3) is 0 Å². The van der Waals surface area contributed by atoms with Crippen molar-refractivity contribution in [1.29, 1.82) is 0 Å². The van der Waals surface area contributed by atoms with Crippen LogP contribution in [0, 0.1) is 0 Å². The summed E-state index contributed by atoms with van der Waals surface area (Å²) in [4.78, 5) is 16.8. The van der Waals surface area contributed by atoms with Crippen molar-refractivity contribution in [2.45, 2.75) is 51.3 Å². The number of carbonyl (C=O) groups is 1. The molecule has 1 saturated heterocycles. The lowest BCUT2D eigenvalue weighted by Crippen LogP contribution is -2.42. The molecule has 142 valence electrons. The number of para-hydroxylation sites is 1. The van der Waals surface area contributed by atoms with Crippen molar-refractivity contribution in [3.05, 3.63) is 35.5 Å². The number of benzene rings is 1. The molecule has 1 unspecified atom stereocenters. The lowest BCUT2D eigenvalue weighted by molar-refractivity contribution is -0.137. The molecular weight excluding hydrogens is 345 g/mol. The topological polar surface area (TPSA) is 45.3 Å². The van der Waals surface area contributed by atoms with Crippen LogP contribution in [0.4, 0.5) is 18.0 Å². The summed E-state index contributed by atoms with van der Waals surface area (Å²) in [6, 6.07) is 6.43. The van der Waals surface area contributed by atoms with Crippen LogP contribution in [-0.2, 0) is 10.9 Å². The van der Waals surface area contributed by atoms with Gasteiger partial charge in [0, 0.05) is 35.6 Å². The molecule has 2 aromatic rings. The number of fused-ring (bicyclic) bond motifs is 1. The predicted octanol–water partition coefficient (Wildman–Crippen LogP) is 5.30. The number of amides is 1. The van der Waals surface area contributed by atoms with Crippen molar-refractivity contribution in [3.63, 3.8) is 0 Å². The Bertz CT molecular complexity index is 805. The van der Waals surface area contributed by atoms with E-state index in [2.05, 4.69) is 4.98 Å². The summed E-state index contributed by atoms with van der Waals surface area (Å²) < 4.78 is 46.5. The third-order valence-electron chi connectivity index (χ3n) is 4.50. The average Bonchev–Trinajstić information content (AvgIpc) is 2.93. The van der Waals surface area contributed by atoms with Crippen LogP contribution < -0.4 is 0 Å². The molecule has 0 spiro atoms. The van der Waals surface area contributed by atoms with Crippen molar-refractivity contribution in [2.75, 3.05) is 13.1 Å². The monoisotopic (exact) mass is 368 g/mol. The molecule has 0 radical (unpaired) electrons. The minimum atomic E-state index is -4.46. The van der Waals surface area contributed by atoms with E-state index in [1.807, 2.05) is 0 Å². The number of halogens is 3. The SMILES string of the molecule is CC(C)(C)OC(=O)N1CCCC(c2[nH]c3ccccc3c2C(F)(F)F)C1. The van der Waals surface area contributed by atoms with Crippen molar-refractivity contribution in [3.8, 4) is 0 Å². The highest BCUT2D eigenvalue weighted by atomic mass is 19.4. The lowest BCUT2D eigenvalue weighted by Gasteiger charge is -2.34. The number of ether oxygens (including phenoxy) is 1. The van der Waals surface area contributed by atoms with Crippen LogP contribution in [0.25, 0.3) is 10.9 Å². The van der Waals surface area contributed by atoms with Crippen molar-refractivity contribution >= 4 is 17.0 Å². The first-order chi connectivity index (χ1) is 12.1. The number of aromatic amines is 1. The molecular formula is C19H23F3N2O2. The molecule has 0 saturated carbocycles. The maximum Gasteiger partial charge on any atom is 0.418 e. The van der Waals surface area contributed by atoms with Crippen molar-refractivity contribution in [1.82, 2.24) is 9.88 Å². The Kier molecular flexibility index (Phi) is 4.67. The van der Waals surface area contributed by atoms with Gasteiger partial charge in [-0.05, 0) is 39.7 Å². The van der Waals surface area contributed by atoms with Gasteiger partial charge in [-0.25, -0.2) is 4.79 Å². The molecule has 1 aliphatic heterocycles. The molecule has 4 nitrogen and oxygen atoms in total. The minimum absolute atomic E-state index is 0.159. The molecule has 1 aromatic heterocycles. The van der Waals surface area contributed by atoms with Crippen LogP contribution >= 0.6 is 0 Å². The second kappa shape index (κ2) is 6.52. The zero-order chi connectivity index (χ0) is 19.1. The number of alkyl halides is 3. The van der Waals surface area contributed by atoms with Gasteiger partial charge in [-0.2, -0.15) is 13.2 Å². The molecule has 3 rings (SSSR count). The Morgan fingerprint density at radius 3 is 2.58 bits per heavy atom. The standard InChI is InChI=1S/C19H23F3N2O2/c1-18(2,3)26-17(25)24-10-6-7-12(11-24)16-15(19(20,21)22)13-8-4-5-9-14(13)23-16/h4-5,8-9,12,23H,6-7,10-11H2,1-3H3. The van der Waals surface area contributed by atoms with E-state index >= 15 is 0 Å². The summed E-state index contributed by atoms with van der Waals surface area (Å²) in [6.07, 6.45) is -3.71. The van der Waals surface area contributed by atoms with Gasteiger partial charge in [-0.3, -0.25) is 0 Å². The highest BCUT2D eigenvalue weighted by Gasteiger charge is 2.40. The van der Waals surface area contributed by atoms with Gasteiger partial charge < -0.3 is 14.6 Å². The fourth-order valence-corrected chi connectivity index (χ4v) is 3.48. The molecule has 1 amide bonds. The number of nitrogens with zero attached hydrogens (tertiary/aromatic N) is 1. The van der Waals surface area contributed by atoms with Crippen LogP contribution in [0.15, 0.2) is 24.3 Å². The molecule has 1 aromatic carbocycles. The van der Waals surface area contributed by atoms with Gasteiger partial charge >= 0.3 is 12.3 Å². The van der Waals surface area contributed by atoms with E-state index in [1.54, 1.807) is 39.0 Å². The fourth-order valence-electron chi connectivity index (χ4n) is 3.48. The second-order valence-corrected chi connectivity index (χ2v) is 7.72. The normalized spacial score (nSPS) is 19.0. The predicted molar refractivity (Wildman–Crippen MR) is 93.1 cm³/mol. The van der Waals surface area contributed by atoms with E-state index in [1.165, 1.54) is 11.0 Å². The molecule has 2 heterocycles. The maximum absolute atomic E-state index is 13.7. The first kappa shape index (κ1) is 18.6. The third-order valence-corrected chi connectivity index (χ3v) is 4.50. The fraction of sp³-hybridized carbons (Fsp3) is 0.526. The summed E-state index contributed by atoms with van der Waals surface area (Å²) >= 11 is 0. The number of aromatic nitrogens is 1. The van der Waals surface area contributed by atoms with Gasteiger partial charge in [0.15, 0.2) is 0 Å². The molecule has 26 heavy (non-hydrogen) atoms. The Hall–Kier alpha value is -2.18. The molecule has 1 N–H and O–H groups in total. The second-order valence-electron chi connectivity index (χ2n) is 7.72. The van der Waals surface area contributed by atoms with Crippen LogP contribution in [0.2, 0.25) is 0 Å². The molecule has 0 bridgehead atoms. The van der Waals surface area contributed by atoms with Crippen molar-refractivity contribution in [2.24, 2.45) is 0 Å². The van der Waals surface area contributed by atoms with Gasteiger partial charge in [-0.15, -0.1) is 0 Å². The number of carbonyl (C=O) groups excluding carboxylic acids is 1. The number of hydrogen-bond acceptors (Lipinski definition) is 2. The number of likely N-dealkylation sites (tertiary alicyclic amines) is 1. The lowest BCUT2D eigenvalue weighted by atomic mass is 9.92. The van der Waals surface area contributed by atoms with Crippen LogP contribution in [0.1, 0.15) is 50.8 Å². The zero-order valence-corrected chi connectivity index (χ0v) is 15.1. The third kappa shape index (κ3) is 3.81. The Labute approximate surface area is 150 Å². The first-order valence-corrected chi connectivity index (χ1v) is 8.72. The number of nitrogens with one attached hydrogen (secondary N) is 1. The summed E-state index contributed by atoms with van der Waals surface area (Å²) in [7, 11) is 0. The Balaban J connectivity index is 1.92. The Morgan fingerprint density at radius 1 is 1.23 bits per heavy atom. The Morgan fingerprint density at radius 2 is 1.92 bits per heavy atom. The zero-order valence-electron chi connectivity index (χ0n) is 15.1. The maximum atomic E-state index is 13.7. The molecule has 1 atom stereocenters. The summed E-state index contributed by atoms with van der Waals surface area (Å²) in [5, 5.41) is 0.171. The molecule has 7 heteroatoms. The molecule has 1 aliphatic rings. The van der Waals surface area contributed by atoms with Crippen LogP contribution in [0.5, 0.6) is 0 Å². The van der Waals surface area contributed by atoms with Gasteiger partial charge in [0.2, 0.25) is 0 Å². The largest absolute Gasteiger partial charge is 0.444 e. The highest BCUT2D eigenvalue weighted by Crippen LogP contribution is 2.42. The van der Waals surface area contributed by atoms with E-state index < -0.39 is 29.4 Å². The summed E-state index contributed by atoms with van der Waals surface area (Å²) in [5.74, 6) is -0.403. The smallest absolute Gasteiger partial charge is 0.418 e. The first-order valence-electron chi connectivity index (χ1n) is 8.72. The van der Waals surface area contributed by atoms with E-state index in [9.17, 15) is 18.0 Å². The minimum Gasteiger partial charge on any atom is -0.444 e. The summed E-state index contributed by atoms with van der Waals surface area (Å²) in [6.45, 7) is 6.02. The van der Waals surface area contributed by atoms with E-state index in [-0.39, 0.29) is 17.6 Å². The molecule has 1 fully saturated rings. The van der Waals surface area contributed by atoms with Crippen molar-refractivity contribution < 1.29 is 22.7 Å². The van der Waals surface area contributed by atoms with E-state index in [0.29, 0.717) is 24.9 Å². The number of rotatable bonds is 1. The number of hydrogen-bond donors (Lipinski definition) is 1. The number of H-pyrrole nitrogens is 1.